The summed E-state index contributed by atoms with van der Waals surface area (Å²) >= 11 is 6.03. The summed E-state index contributed by atoms with van der Waals surface area (Å²) in [5, 5.41) is 8.07. The lowest BCUT2D eigenvalue weighted by Crippen LogP contribution is -2.54. The summed E-state index contributed by atoms with van der Waals surface area (Å²) in [6.45, 7) is 2.96. The number of sulfonamides is 1. The first-order valence-corrected chi connectivity index (χ1v) is 10.1. The van der Waals surface area contributed by atoms with Gasteiger partial charge in [0.2, 0.25) is 15.9 Å². The van der Waals surface area contributed by atoms with Gasteiger partial charge in [-0.3, -0.25) is 14.5 Å². The van der Waals surface area contributed by atoms with E-state index in [-0.39, 0.29) is 17.3 Å². The van der Waals surface area contributed by atoms with Crippen LogP contribution in [-0.2, 0) is 19.6 Å². The van der Waals surface area contributed by atoms with Crippen LogP contribution in [0.5, 0.6) is 5.75 Å². The molecule has 8 nitrogen and oxygen atoms in total. The molecule has 0 aliphatic carbocycles. The van der Waals surface area contributed by atoms with Gasteiger partial charge in [-0.15, -0.1) is 0 Å². The van der Waals surface area contributed by atoms with Crippen LogP contribution in [0.15, 0.2) is 47.4 Å². The Labute approximate surface area is 167 Å². The lowest BCUT2D eigenvalue weighted by atomic mass is 10.0. The highest BCUT2D eigenvalue weighted by Gasteiger charge is 2.41. The first-order chi connectivity index (χ1) is 13.0. The molecule has 0 radical (unpaired) electrons. The molecule has 2 aromatic carbocycles. The Kier molecular flexibility index (Phi) is 5.09. The molecule has 0 fully saturated rings. The van der Waals surface area contributed by atoms with E-state index < -0.39 is 21.5 Å². The van der Waals surface area contributed by atoms with Crippen molar-refractivity contribution in [2.24, 2.45) is 5.14 Å². The van der Waals surface area contributed by atoms with E-state index in [4.69, 9.17) is 21.5 Å². The average Bonchev–Trinajstić information content (AvgIpc) is 2.59. The maximum Gasteiger partial charge on any atom is 0.271 e. The van der Waals surface area contributed by atoms with Crippen molar-refractivity contribution in [3.05, 3.63) is 47.5 Å². The SMILES string of the molecule is CC1(C)Oc2ccc(Cl)cc2N(CC(=O)Nc2ccc(S(N)(=O)=O)cc2)C1=O. The number of carbonyl (C=O) groups excluding carboxylic acids is 2. The smallest absolute Gasteiger partial charge is 0.271 e. The van der Waals surface area contributed by atoms with Crippen LogP contribution in [0, 0.1) is 0 Å². The number of hydrogen-bond donors (Lipinski definition) is 2. The highest BCUT2D eigenvalue weighted by Crippen LogP contribution is 2.39. The normalized spacial score (nSPS) is 15.6. The van der Waals surface area contributed by atoms with Gasteiger partial charge in [0.15, 0.2) is 5.60 Å². The molecule has 0 aromatic heterocycles. The number of benzene rings is 2. The van der Waals surface area contributed by atoms with Gasteiger partial charge in [0.1, 0.15) is 12.3 Å². The Morgan fingerprint density at radius 1 is 1.21 bits per heavy atom. The molecule has 3 N–H and O–H groups in total. The molecular weight excluding hydrogens is 406 g/mol. The van der Waals surface area contributed by atoms with Crippen LogP contribution < -0.4 is 20.1 Å². The van der Waals surface area contributed by atoms with E-state index in [0.717, 1.165) is 0 Å². The van der Waals surface area contributed by atoms with E-state index in [1.165, 1.54) is 29.2 Å². The van der Waals surface area contributed by atoms with Crippen molar-refractivity contribution >= 4 is 44.8 Å². The van der Waals surface area contributed by atoms with Crippen molar-refractivity contribution in [3.63, 3.8) is 0 Å². The molecule has 3 rings (SSSR count). The van der Waals surface area contributed by atoms with Crippen LogP contribution in [0.3, 0.4) is 0 Å². The van der Waals surface area contributed by atoms with Gasteiger partial charge >= 0.3 is 0 Å². The Bertz CT molecular complexity index is 1050. The summed E-state index contributed by atoms with van der Waals surface area (Å²) in [5.74, 6) is -0.415. The molecule has 0 saturated carbocycles. The molecule has 28 heavy (non-hydrogen) atoms. The topological polar surface area (TPSA) is 119 Å². The molecule has 1 aliphatic heterocycles. The zero-order valence-electron chi connectivity index (χ0n) is 15.1. The molecule has 2 amide bonds. The van der Waals surface area contributed by atoms with Gasteiger partial charge < -0.3 is 10.1 Å². The van der Waals surface area contributed by atoms with Gasteiger partial charge in [0.05, 0.1) is 10.6 Å². The number of halogens is 1. The second kappa shape index (κ2) is 7.08. The zero-order chi connectivity index (χ0) is 20.7. The van der Waals surface area contributed by atoms with Crippen LogP contribution in [0.4, 0.5) is 11.4 Å². The molecule has 0 bridgehead atoms. The Morgan fingerprint density at radius 3 is 2.46 bits per heavy atom. The van der Waals surface area contributed by atoms with Crippen molar-refractivity contribution in [1.82, 2.24) is 0 Å². The number of amides is 2. The summed E-state index contributed by atoms with van der Waals surface area (Å²) in [7, 11) is -3.82. The lowest BCUT2D eigenvalue weighted by Gasteiger charge is -2.38. The largest absolute Gasteiger partial charge is 0.476 e. The molecule has 148 valence electrons. The van der Waals surface area contributed by atoms with Gasteiger partial charge in [-0.25, -0.2) is 13.6 Å². The second-order valence-corrected chi connectivity index (χ2v) is 8.73. The second-order valence-electron chi connectivity index (χ2n) is 6.73. The molecule has 1 heterocycles. The summed E-state index contributed by atoms with van der Waals surface area (Å²) in [6.07, 6.45) is 0. The highest BCUT2D eigenvalue weighted by molar-refractivity contribution is 7.89. The summed E-state index contributed by atoms with van der Waals surface area (Å²) in [6, 6.07) is 10.2. The predicted molar refractivity (Wildman–Crippen MR) is 105 cm³/mol. The fourth-order valence-electron chi connectivity index (χ4n) is 2.77. The molecule has 0 spiro atoms. The first-order valence-electron chi connectivity index (χ1n) is 8.21. The van der Waals surface area contributed by atoms with Crippen molar-refractivity contribution in [3.8, 4) is 5.75 Å². The summed E-state index contributed by atoms with van der Waals surface area (Å²) < 4.78 is 28.3. The van der Waals surface area contributed by atoms with Gasteiger partial charge in [0.25, 0.3) is 5.91 Å². The number of rotatable bonds is 4. The molecular formula is C18H18ClN3O5S. The zero-order valence-corrected chi connectivity index (χ0v) is 16.7. The van der Waals surface area contributed by atoms with Crippen LogP contribution in [0.2, 0.25) is 5.02 Å². The summed E-state index contributed by atoms with van der Waals surface area (Å²) in [5.41, 5.74) is -0.377. The van der Waals surface area contributed by atoms with Crippen molar-refractivity contribution in [2.75, 3.05) is 16.8 Å². The molecule has 10 heteroatoms. The average molecular weight is 424 g/mol. The number of nitrogens with one attached hydrogen (secondary N) is 1. The van der Waals surface area contributed by atoms with E-state index in [1.807, 2.05) is 0 Å². The Hall–Kier alpha value is -2.62. The van der Waals surface area contributed by atoms with Gasteiger partial charge in [0, 0.05) is 10.7 Å². The van der Waals surface area contributed by atoms with E-state index in [1.54, 1.807) is 32.0 Å². The number of primary sulfonamides is 1. The van der Waals surface area contributed by atoms with Gasteiger partial charge in [-0.05, 0) is 56.3 Å². The maximum atomic E-state index is 12.8. The number of nitrogens with two attached hydrogens (primary N) is 1. The van der Waals surface area contributed by atoms with Crippen molar-refractivity contribution in [1.29, 1.82) is 0 Å². The van der Waals surface area contributed by atoms with Gasteiger partial charge in [-0.1, -0.05) is 11.6 Å². The van der Waals surface area contributed by atoms with Crippen molar-refractivity contribution < 1.29 is 22.7 Å². The fraction of sp³-hybridized carbons (Fsp3) is 0.222. The van der Waals surface area contributed by atoms with Crippen LogP contribution in [0.1, 0.15) is 13.8 Å². The number of hydrogen-bond acceptors (Lipinski definition) is 5. The third-order valence-corrected chi connectivity index (χ3v) is 5.27. The predicted octanol–water partition coefficient (Wildman–Crippen LogP) is 2.13. The summed E-state index contributed by atoms with van der Waals surface area (Å²) in [4.78, 5) is 26.5. The van der Waals surface area contributed by atoms with Crippen LogP contribution >= 0.6 is 11.6 Å². The van der Waals surface area contributed by atoms with E-state index >= 15 is 0 Å². The molecule has 0 saturated heterocycles. The number of nitrogens with zero attached hydrogens (tertiary/aromatic N) is 1. The third kappa shape index (κ3) is 4.11. The maximum absolute atomic E-state index is 12.8. The molecule has 0 unspecified atom stereocenters. The van der Waals surface area contributed by atoms with Crippen LogP contribution in [-0.4, -0.2) is 32.4 Å². The molecule has 0 atom stereocenters. The number of fused-ring (bicyclic) bond motifs is 1. The lowest BCUT2D eigenvalue weighted by molar-refractivity contribution is -0.133. The van der Waals surface area contributed by atoms with E-state index in [0.29, 0.717) is 22.1 Å². The first kappa shape index (κ1) is 20.1. The minimum atomic E-state index is -3.82. The molecule has 1 aliphatic rings. The van der Waals surface area contributed by atoms with E-state index in [2.05, 4.69) is 5.32 Å². The Morgan fingerprint density at radius 2 is 1.86 bits per heavy atom. The number of carbonyl (C=O) groups is 2. The number of ether oxygens (including phenoxy) is 1. The molecule has 2 aromatic rings. The van der Waals surface area contributed by atoms with Gasteiger partial charge in [-0.2, -0.15) is 0 Å². The van der Waals surface area contributed by atoms with E-state index in [9.17, 15) is 18.0 Å². The monoisotopic (exact) mass is 423 g/mol. The Balaban J connectivity index is 1.81. The quantitative estimate of drug-likeness (QED) is 0.780. The standard InChI is InChI=1S/C18H18ClN3O5S/c1-18(2)17(24)22(14-9-11(19)3-8-15(14)27-18)10-16(23)21-12-4-6-13(7-5-12)28(20,25)26/h3-9H,10H2,1-2H3,(H,21,23)(H2,20,25,26). The fourth-order valence-corrected chi connectivity index (χ4v) is 3.45. The minimum absolute atomic E-state index is 0.0702. The van der Waals surface area contributed by atoms with Crippen molar-refractivity contribution in [2.45, 2.75) is 24.3 Å². The minimum Gasteiger partial charge on any atom is -0.476 e. The van der Waals surface area contributed by atoms with Crippen LogP contribution in [0.25, 0.3) is 0 Å². The number of anilines is 2. The highest BCUT2D eigenvalue weighted by atomic mass is 35.5. The third-order valence-electron chi connectivity index (χ3n) is 4.11.